The number of halogens is 5. The highest BCUT2D eigenvalue weighted by atomic mass is 35.5. The zero-order valence-electron chi connectivity index (χ0n) is 11.1. The molecule has 0 aliphatic rings. The van der Waals surface area contributed by atoms with Crippen molar-refractivity contribution in [2.45, 2.75) is 0 Å². The van der Waals surface area contributed by atoms with Crippen molar-refractivity contribution in [3.05, 3.63) is 54.7 Å². The van der Waals surface area contributed by atoms with Gasteiger partial charge in [0.25, 0.3) is 5.91 Å². The van der Waals surface area contributed by atoms with E-state index < -0.39 is 5.91 Å². The van der Waals surface area contributed by atoms with Gasteiger partial charge < -0.3 is 5.73 Å². The number of amides is 1. The molecular weight excluding hydrogens is 405 g/mol. The average Bonchev–Trinajstić information content (AvgIpc) is 2.51. The third-order valence-electron chi connectivity index (χ3n) is 2.65. The van der Waals surface area contributed by atoms with Crippen molar-refractivity contribution in [1.29, 1.82) is 0 Å². The first kappa shape index (κ1) is 18.1. The van der Waals surface area contributed by atoms with Gasteiger partial charge in [0.05, 0.1) is 27.0 Å². The van der Waals surface area contributed by atoms with Crippen LogP contribution in [0.1, 0.15) is 16.1 Å². The smallest absolute Gasteiger partial charge is 0.291 e. The minimum absolute atomic E-state index is 0.0282. The molecule has 1 amide bonds. The molecule has 10 heteroatoms. The number of hydrogen-bond donors (Lipinski definition) is 2. The number of carbonyl (C=O) groups is 1. The number of hydrogen-bond acceptors (Lipinski definition) is 4. The molecule has 0 aliphatic heterocycles. The summed E-state index contributed by atoms with van der Waals surface area (Å²) >= 11 is 29.4. The fraction of sp³-hybridized carbons (Fsp3) is 0. The van der Waals surface area contributed by atoms with Gasteiger partial charge in [-0.3, -0.25) is 4.79 Å². The highest BCUT2D eigenvalue weighted by Gasteiger charge is 2.19. The quantitative estimate of drug-likeness (QED) is 0.436. The minimum atomic E-state index is -0.723. The molecule has 2 rings (SSSR count). The molecule has 0 radical (unpaired) electrons. The van der Waals surface area contributed by atoms with Crippen molar-refractivity contribution in [2.75, 3.05) is 5.73 Å². The van der Waals surface area contributed by atoms with E-state index >= 15 is 0 Å². The second-order valence-electron chi connectivity index (χ2n) is 4.13. The molecule has 1 aromatic heterocycles. The van der Waals surface area contributed by atoms with E-state index in [4.69, 9.17) is 63.7 Å². The van der Waals surface area contributed by atoms with Gasteiger partial charge in [0.15, 0.2) is 10.8 Å². The van der Waals surface area contributed by atoms with Gasteiger partial charge in [-0.25, -0.2) is 10.4 Å². The van der Waals surface area contributed by atoms with Crippen molar-refractivity contribution in [3.8, 4) is 0 Å². The average molecular weight is 412 g/mol. The Hall–Kier alpha value is -1.24. The molecule has 0 saturated carbocycles. The number of anilines is 1. The molecule has 0 atom stereocenters. The number of nitrogens with one attached hydrogen (secondary N) is 1. The van der Waals surface area contributed by atoms with Crippen molar-refractivity contribution in [1.82, 2.24) is 10.4 Å². The standard InChI is InChI=1S/C13H7Cl5N4O/c14-6-2-1-3-7(15)5(6)4-20-22-13(23)11-8(16)10(19)9(17)12(18)21-11/h1-4H,(H2,19,21)(H,22,23)/b20-4-. The first-order valence-electron chi connectivity index (χ1n) is 5.90. The summed E-state index contributed by atoms with van der Waals surface area (Å²) in [4.78, 5) is 15.8. The fourth-order valence-electron chi connectivity index (χ4n) is 1.52. The second-order valence-corrected chi connectivity index (χ2v) is 6.06. The number of rotatable bonds is 3. The van der Waals surface area contributed by atoms with Gasteiger partial charge in [0.2, 0.25) is 0 Å². The predicted octanol–water partition coefficient (Wildman–Crippen LogP) is 4.69. The third kappa shape index (κ3) is 4.00. The van der Waals surface area contributed by atoms with E-state index in [2.05, 4.69) is 15.5 Å². The Labute approximate surface area is 156 Å². The Kier molecular flexibility index (Phi) is 5.95. The largest absolute Gasteiger partial charge is 0.396 e. The maximum Gasteiger partial charge on any atom is 0.291 e. The molecule has 0 bridgehead atoms. The Morgan fingerprint density at radius 3 is 2.35 bits per heavy atom. The van der Waals surface area contributed by atoms with Crippen LogP contribution in [-0.4, -0.2) is 17.1 Å². The molecule has 23 heavy (non-hydrogen) atoms. The number of pyridine rings is 1. The van der Waals surface area contributed by atoms with E-state index in [1.807, 2.05) is 0 Å². The van der Waals surface area contributed by atoms with Crippen molar-refractivity contribution < 1.29 is 4.79 Å². The van der Waals surface area contributed by atoms with Crippen LogP contribution in [0.5, 0.6) is 0 Å². The number of carbonyl (C=O) groups excluding carboxylic acids is 1. The summed E-state index contributed by atoms with van der Waals surface area (Å²) in [6, 6.07) is 4.95. The van der Waals surface area contributed by atoms with E-state index in [1.165, 1.54) is 6.21 Å². The zero-order chi connectivity index (χ0) is 17.1. The van der Waals surface area contributed by atoms with Crippen LogP contribution in [0, 0.1) is 0 Å². The highest BCUT2D eigenvalue weighted by molar-refractivity contribution is 6.46. The molecule has 1 aromatic carbocycles. The van der Waals surface area contributed by atoms with Crippen LogP contribution in [0.4, 0.5) is 5.69 Å². The van der Waals surface area contributed by atoms with Crippen LogP contribution in [0.25, 0.3) is 0 Å². The predicted molar refractivity (Wildman–Crippen MR) is 95.2 cm³/mol. The molecule has 0 unspecified atom stereocenters. The normalized spacial score (nSPS) is 11.0. The van der Waals surface area contributed by atoms with E-state index in [-0.39, 0.29) is 26.6 Å². The topological polar surface area (TPSA) is 80.4 Å². The molecule has 2 aromatic rings. The van der Waals surface area contributed by atoms with Gasteiger partial charge in [0.1, 0.15) is 5.02 Å². The van der Waals surface area contributed by atoms with Gasteiger partial charge in [-0.15, -0.1) is 0 Å². The van der Waals surface area contributed by atoms with Crippen molar-refractivity contribution >= 4 is 75.8 Å². The van der Waals surface area contributed by atoms with E-state index in [1.54, 1.807) is 18.2 Å². The van der Waals surface area contributed by atoms with Gasteiger partial charge in [-0.2, -0.15) is 5.10 Å². The van der Waals surface area contributed by atoms with Crippen LogP contribution in [0.2, 0.25) is 25.2 Å². The van der Waals surface area contributed by atoms with Crippen LogP contribution >= 0.6 is 58.0 Å². The van der Waals surface area contributed by atoms with Gasteiger partial charge >= 0.3 is 0 Å². The summed E-state index contributed by atoms with van der Waals surface area (Å²) in [5.74, 6) is -0.723. The lowest BCUT2D eigenvalue weighted by Crippen LogP contribution is -2.20. The SMILES string of the molecule is Nc1c(Cl)c(Cl)nc(C(=O)N/N=C\c2c(Cl)cccc2Cl)c1Cl. The molecule has 0 saturated heterocycles. The van der Waals surface area contributed by atoms with Crippen molar-refractivity contribution in [2.24, 2.45) is 5.10 Å². The highest BCUT2D eigenvalue weighted by Crippen LogP contribution is 2.34. The third-order valence-corrected chi connectivity index (χ3v) is 4.44. The molecule has 1 heterocycles. The first-order chi connectivity index (χ1) is 10.8. The molecule has 3 N–H and O–H groups in total. The summed E-state index contributed by atoms with van der Waals surface area (Å²) in [5, 5.41) is 4.22. The Morgan fingerprint density at radius 1 is 1.13 bits per heavy atom. The number of nitrogens with zero attached hydrogens (tertiary/aromatic N) is 2. The number of hydrazone groups is 1. The van der Waals surface area contributed by atoms with Crippen LogP contribution in [0.3, 0.4) is 0 Å². The zero-order valence-corrected chi connectivity index (χ0v) is 14.9. The summed E-state index contributed by atoms with van der Waals surface area (Å²) in [5.41, 5.74) is 8.06. The molecule has 0 aliphatic carbocycles. The number of nitrogens with two attached hydrogens (primary N) is 1. The molecule has 5 nitrogen and oxygen atoms in total. The Bertz CT molecular complexity index is 789. The van der Waals surface area contributed by atoms with Crippen molar-refractivity contribution in [3.63, 3.8) is 0 Å². The Balaban J connectivity index is 2.22. The summed E-state index contributed by atoms with van der Waals surface area (Å²) in [6.45, 7) is 0. The lowest BCUT2D eigenvalue weighted by Gasteiger charge is -2.07. The number of nitrogen functional groups attached to an aromatic ring is 1. The van der Waals surface area contributed by atoms with Gasteiger partial charge in [-0.05, 0) is 12.1 Å². The fourth-order valence-corrected chi connectivity index (χ4v) is 2.61. The van der Waals surface area contributed by atoms with Gasteiger partial charge in [-0.1, -0.05) is 64.1 Å². The molecule has 0 spiro atoms. The maximum absolute atomic E-state index is 12.0. The summed E-state index contributed by atoms with van der Waals surface area (Å²) in [6.07, 6.45) is 1.29. The van der Waals surface area contributed by atoms with E-state index in [0.717, 1.165) is 0 Å². The monoisotopic (exact) mass is 410 g/mol. The summed E-state index contributed by atoms with van der Waals surface area (Å²) in [7, 11) is 0. The molecular formula is C13H7Cl5N4O. The number of benzene rings is 1. The molecule has 0 fully saturated rings. The molecule has 120 valence electrons. The maximum atomic E-state index is 12.0. The van der Waals surface area contributed by atoms with Crippen LogP contribution in [-0.2, 0) is 0 Å². The summed E-state index contributed by atoms with van der Waals surface area (Å²) < 4.78 is 0. The van der Waals surface area contributed by atoms with E-state index in [9.17, 15) is 4.79 Å². The van der Waals surface area contributed by atoms with E-state index in [0.29, 0.717) is 15.6 Å². The van der Waals surface area contributed by atoms with Crippen LogP contribution in [0.15, 0.2) is 23.3 Å². The lowest BCUT2D eigenvalue weighted by atomic mass is 10.2. The lowest BCUT2D eigenvalue weighted by molar-refractivity contribution is 0.0950. The van der Waals surface area contributed by atoms with Gasteiger partial charge in [0, 0.05) is 5.56 Å². The second kappa shape index (κ2) is 7.55. The Morgan fingerprint density at radius 2 is 1.74 bits per heavy atom. The number of aromatic nitrogens is 1. The first-order valence-corrected chi connectivity index (χ1v) is 7.79. The minimum Gasteiger partial charge on any atom is -0.396 e. The van der Waals surface area contributed by atoms with Crippen LogP contribution < -0.4 is 11.2 Å².